The van der Waals surface area contributed by atoms with Gasteiger partial charge in [-0.15, -0.1) is 0 Å². The average molecular weight is 342 g/mol. The Morgan fingerprint density at radius 2 is 2.12 bits per heavy atom. The number of aliphatic hydroxyl groups is 1. The first-order valence-electron chi connectivity index (χ1n) is 8.45. The summed E-state index contributed by atoms with van der Waals surface area (Å²) in [7, 11) is 0. The number of aromatic nitrogens is 2. The molecule has 7 heteroatoms. The fourth-order valence-electron chi connectivity index (χ4n) is 3.06. The molecule has 0 spiro atoms. The zero-order valence-electron chi connectivity index (χ0n) is 14.1. The maximum Gasteiger partial charge on any atom is 0.257 e. The minimum atomic E-state index is -0.803. The number of nitrogens with zero attached hydrogens (tertiary/aromatic N) is 2. The van der Waals surface area contributed by atoms with Gasteiger partial charge in [0.25, 0.3) is 11.8 Å². The molecule has 132 valence electrons. The SMILES string of the molecule is CCc1[nH]ncc1C(=O)N1CC[C@@H](NC(=O)c2ccccc2)[C@H](O)C1. The van der Waals surface area contributed by atoms with E-state index in [2.05, 4.69) is 15.5 Å². The molecule has 0 unspecified atom stereocenters. The number of hydrogen-bond donors (Lipinski definition) is 3. The van der Waals surface area contributed by atoms with Gasteiger partial charge in [-0.2, -0.15) is 5.10 Å². The molecule has 0 aliphatic carbocycles. The molecule has 1 aliphatic rings. The van der Waals surface area contributed by atoms with E-state index in [4.69, 9.17) is 0 Å². The van der Waals surface area contributed by atoms with Crippen LogP contribution in [0.15, 0.2) is 36.5 Å². The number of H-pyrrole nitrogens is 1. The molecule has 0 bridgehead atoms. The Morgan fingerprint density at radius 3 is 2.80 bits per heavy atom. The summed E-state index contributed by atoms with van der Waals surface area (Å²) in [4.78, 5) is 26.4. The Kier molecular flexibility index (Phi) is 5.14. The predicted molar refractivity (Wildman–Crippen MR) is 92.2 cm³/mol. The van der Waals surface area contributed by atoms with E-state index in [1.54, 1.807) is 29.2 Å². The molecular formula is C18H22N4O3. The summed E-state index contributed by atoms with van der Waals surface area (Å²) in [6, 6.07) is 8.52. The monoisotopic (exact) mass is 342 g/mol. The third-order valence-electron chi connectivity index (χ3n) is 4.52. The van der Waals surface area contributed by atoms with Crippen LogP contribution in [0.3, 0.4) is 0 Å². The van der Waals surface area contributed by atoms with E-state index in [1.807, 2.05) is 13.0 Å². The van der Waals surface area contributed by atoms with Gasteiger partial charge in [-0.05, 0) is 25.0 Å². The molecule has 2 heterocycles. The zero-order valence-corrected chi connectivity index (χ0v) is 14.1. The van der Waals surface area contributed by atoms with E-state index in [1.165, 1.54) is 6.20 Å². The molecule has 0 radical (unpaired) electrons. The fraction of sp³-hybridized carbons (Fsp3) is 0.389. The van der Waals surface area contributed by atoms with Gasteiger partial charge < -0.3 is 15.3 Å². The summed E-state index contributed by atoms with van der Waals surface area (Å²) in [6.45, 7) is 2.61. The van der Waals surface area contributed by atoms with E-state index in [0.29, 0.717) is 30.5 Å². The van der Waals surface area contributed by atoms with Gasteiger partial charge in [0.15, 0.2) is 0 Å². The summed E-state index contributed by atoms with van der Waals surface area (Å²) in [5, 5.41) is 20.0. The van der Waals surface area contributed by atoms with Gasteiger partial charge in [0.05, 0.1) is 23.9 Å². The quantitative estimate of drug-likeness (QED) is 0.771. The molecule has 1 aromatic heterocycles. The highest BCUT2D eigenvalue weighted by Crippen LogP contribution is 2.17. The zero-order chi connectivity index (χ0) is 17.8. The number of β-amino-alcohol motifs (C(OH)–C–C–N with tert-alkyl or cyclic N) is 1. The van der Waals surface area contributed by atoms with Crippen LogP contribution in [0.25, 0.3) is 0 Å². The van der Waals surface area contributed by atoms with Crippen molar-refractivity contribution in [2.45, 2.75) is 31.9 Å². The highest BCUT2D eigenvalue weighted by atomic mass is 16.3. The lowest BCUT2D eigenvalue weighted by atomic mass is 10.00. The van der Waals surface area contributed by atoms with Crippen molar-refractivity contribution < 1.29 is 14.7 Å². The fourth-order valence-corrected chi connectivity index (χ4v) is 3.06. The second-order valence-electron chi connectivity index (χ2n) is 6.17. The number of benzene rings is 1. The molecule has 25 heavy (non-hydrogen) atoms. The van der Waals surface area contributed by atoms with Crippen LogP contribution >= 0.6 is 0 Å². The number of nitrogens with one attached hydrogen (secondary N) is 2. The number of aryl methyl sites for hydroxylation is 1. The largest absolute Gasteiger partial charge is 0.389 e. The van der Waals surface area contributed by atoms with Crippen LogP contribution < -0.4 is 5.32 Å². The van der Waals surface area contributed by atoms with Gasteiger partial charge in [-0.1, -0.05) is 25.1 Å². The first-order valence-corrected chi connectivity index (χ1v) is 8.45. The summed E-state index contributed by atoms with van der Waals surface area (Å²) in [6.07, 6.45) is 1.91. The van der Waals surface area contributed by atoms with Crippen molar-refractivity contribution in [3.8, 4) is 0 Å². The third kappa shape index (κ3) is 3.71. The minimum absolute atomic E-state index is 0.141. The molecule has 3 N–H and O–H groups in total. The van der Waals surface area contributed by atoms with Crippen molar-refractivity contribution in [3.63, 3.8) is 0 Å². The van der Waals surface area contributed by atoms with Crippen LogP contribution in [-0.2, 0) is 6.42 Å². The topological polar surface area (TPSA) is 98.3 Å². The number of likely N-dealkylation sites (tertiary alicyclic amines) is 1. The van der Waals surface area contributed by atoms with E-state index in [-0.39, 0.29) is 24.4 Å². The summed E-state index contributed by atoms with van der Waals surface area (Å²) < 4.78 is 0. The second-order valence-corrected chi connectivity index (χ2v) is 6.17. The number of piperidine rings is 1. The van der Waals surface area contributed by atoms with Gasteiger partial charge in [-0.25, -0.2) is 0 Å². The first-order chi connectivity index (χ1) is 12.1. The van der Waals surface area contributed by atoms with E-state index in [0.717, 1.165) is 5.69 Å². The van der Waals surface area contributed by atoms with E-state index < -0.39 is 6.10 Å². The normalized spacial score (nSPS) is 20.3. The Labute approximate surface area is 146 Å². The Hall–Kier alpha value is -2.67. The van der Waals surface area contributed by atoms with Gasteiger partial charge in [0, 0.05) is 24.3 Å². The lowest BCUT2D eigenvalue weighted by Gasteiger charge is -2.36. The van der Waals surface area contributed by atoms with Gasteiger partial charge >= 0.3 is 0 Å². The van der Waals surface area contributed by atoms with Crippen LogP contribution in [0.5, 0.6) is 0 Å². The first kappa shape index (κ1) is 17.2. The molecule has 3 rings (SSSR count). The summed E-state index contributed by atoms with van der Waals surface area (Å²) in [5.74, 6) is -0.356. The van der Waals surface area contributed by atoms with Gasteiger partial charge in [-0.3, -0.25) is 14.7 Å². The van der Waals surface area contributed by atoms with Crippen LogP contribution in [0.2, 0.25) is 0 Å². The number of aromatic amines is 1. The van der Waals surface area contributed by atoms with Crippen LogP contribution in [0.1, 0.15) is 39.8 Å². The van der Waals surface area contributed by atoms with Crippen molar-refractivity contribution in [3.05, 3.63) is 53.3 Å². The van der Waals surface area contributed by atoms with Gasteiger partial charge in [0.2, 0.25) is 0 Å². The Bertz CT molecular complexity index is 744. The minimum Gasteiger partial charge on any atom is -0.389 e. The van der Waals surface area contributed by atoms with Crippen molar-refractivity contribution in [2.24, 2.45) is 0 Å². The lowest BCUT2D eigenvalue weighted by Crippen LogP contribution is -2.55. The number of carbonyl (C=O) groups excluding carboxylic acids is 2. The summed E-state index contributed by atoms with van der Waals surface area (Å²) >= 11 is 0. The molecule has 1 aliphatic heterocycles. The Morgan fingerprint density at radius 1 is 1.36 bits per heavy atom. The number of carbonyl (C=O) groups is 2. The van der Waals surface area contributed by atoms with Crippen LogP contribution in [-0.4, -0.2) is 57.3 Å². The smallest absolute Gasteiger partial charge is 0.257 e. The third-order valence-corrected chi connectivity index (χ3v) is 4.52. The molecule has 2 amide bonds. The molecular weight excluding hydrogens is 320 g/mol. The molecule has 7 nitrogen and oxygen atoms in total. The van der Waals surface area contributed by atoms with Crippen molar-refractivity contribution >= 4 is 11.8 Å². The van der Waals surface area contributed by atoms with E-state index >= 15 is 0 Å². The highest BCUT2D eigenvalue weighted by molar-refractivity contribution is 5.95. The number of rotatable bonds is 4. The maximum atomic E-state index is 12.6. The predicted octanol–water partition coefficient (Wildman–Crippen LogP) is 0.977. The molecule has 1 fully saturated rings. The lowest BCUT2D eigenvalue weighted by molar-refractivity contribution is 0.0314. The van der Waals surface area contributed by atoms with Crippen molar-refractivity contribution in [1.82, 2.24) is 20.4 Å². The number of aliphatic hydroxyl groups excluding tert-OH is 1. The second kappa shape index (κ2) is 7.48. The molecule has 2 atom stereocenters. The van der Waals surface area contributed by atoms with E-state index in [9.17, 15) is 14.7 Å². The highest BCUT2D eigenvalue weighted by Gasteiger charge is 2.32. The van der Waals surface area contributed by atoms with Crippen molar-refractivity contribution in [1.29, 1.82) is 0 Å². The molecule has 1 aromatic carbocycles. The maximum absolute atomic E-state index is 12.6. The van der Waals surface area contributed by atoms with Crippen LogP contribution in [0, 0.1) is 0 Å². The number of amides is 2. The standard InChI is InChI=1S/C18H22N4O3/c1-2-14-13(10-19-21-14)18(25)22-9-8-15(16(23)11-22)20-17(24)12-6-4-3-5-7-12/h3-7,10,15-16,23H,2,8-9,11H2,1H3,(H,19,21)(H,20,24)/t15-,16-/m1/s1. The van der Waals surface area contributed by atoms with Gasteiger partial charge in [0.1, 0.15) is 0 Å². The average Bonchev–Trinajstić information content (AvgIpc) is 3.12. The molecule has 0 saturated carbocycles. The Balaban J connectivity index is 1.61. The van der Waals surface area contributed by atoms with Crippen molar-refractivity contribution in [2.75, 3.05) is 13.1 Å². The van der Waals surface area contributed by atoms with Crippen LogP contribution in [0.4, 0.5) is 0 Å². The molecule has 1 saturated heterocycles. The summed E-state index contributed by atoms with van der Waals surface area (Å²) in [5.41, 5.74) is 1.89. The molecule has 2 aromatic rings. The number of hydrogen-bond acceptors (Lipinski definition) is 4.